The van der Waals surface area contributed by atoms with Crippen LogP contribution in [0, 0.1) is 0 Å². The molecular weight excluding hydrogens is 342 g/mol. The van der Waals surface area contributed by atoms with Gasteiger partial charge in [0.15, 0.2) is 0 Å². The van der Waals surface area contributed by atoms with Crippen molar-refractivity contribution in [1.29, 1.82) is 0 Å². The maximum atomic E-state index is 12.6. The van der Waals surface area contributed by atoms with Gasteiger partial charge in [-0.15, -0.1) is 0 Å². The number of hydrogen-bond acceptors (Lipinski definition) is 4. The minimum absolute atomic E-state index is 0.00739. The van der Waals surface area contributed by atoms with Crippen LogP contribution in [0.25, 0.3) is 0 Å². The van der Waals surface area contributed by atoms with E-state index in [1.54, 1.807) is 12.1 Å². The van der Waals surface area contributed by atoms with Gasteiger partial charge in [0, 0.05) is 24.3 Å². The summed E-state index contributed by atoms with van der Waals surface area (Å²) in [6.45, 7) is 2.21. The number of hydrogen-bond donors (Lipinski definition) is 2. The Kier molecular flexibility index (Phi) is 5.10. The van der Waals surface area contributed by atoms with Crippen molar-refractivity contribution < 1.29 is 18.0 Å². The van der Waals surface area contributed by atoms with Crippen LogP contribution < -0.4 is 10.6 Å². The van der Waals surface area contributed by atoms with Crippen LogP contribution in [0.5, 0.6) is 0 Å². The molecule has 1 aromatic rings. The number of aryl methyl sites for hydroxylation is 1. The van der Waals surface area contributed by atoms with E-state index in [9.17, 15) is 18.0 Å². The Morgan fingerprint density at radius 1 is 1.36 bits per heavy atom. The lowest BCUT2D eigenvalue weighted by atomic mass is 10.0. The lowest BCUT2D eigenvalue weighted by Crippen LogP contribution is -2.44. The van der Waals surface area contributed by atoms with Crippen LogP contribution >= 0.6 is 0 Å². The van der Waals surface area contributed by atoms with Gasteiger partial charge in [-0.1, -0.05) is 6.92 Å². The van der Waals surface area contributed by atoms with Gasteiger partial charge < -0.3 is 10.6 Å². The van der Waals surface area contributed by atoms with Crippen LogP contribution in [0.15, 0.2) is 18.2 Å². The highest BCUT2D eigenvalue weighted by Crippen LogP contribution is 2.27. The van der Waals surface area contributed by atoms with Crippen molar-refractivity contribution in [3.63, 3.8) is 0 Å². The third-order valence-corrected chi connectivity index (χ3v) is 6.67. The van der Waals surface area contributed by atoms with Gasteiger partial charge in [0.2, 0.25) is 21.8 Å². The first-order valence-electron chi connectivity index (χ1n) is 8.64. The lowest BCUT2D eigenvalue weighted by Gasteiger charge is -2.23. The zero-order valence-electron chi connectivity index (χ0n) is 14.2. The molecule has 0 spiro atoms. The van der Waals surface area contributed by atoms with Crippen molar-refractivity contribution in [2.24, 2.45) is 0 Å². The second-order valence-corrected chi connectivity index (χ2v) is 8.54. The summed E-state index contributed by atoms with van der Waals surface area (Å²) >= 11 is 0. The van der Waals surface area contributed by atoms with Gasteiger partial charge in [-0.05, 0) is 49.4 Å². The summed E-state index contributed by atoms with van der Waals surface area (Å²) in [6.07, 6.45) is 2.82. The molecule has 7 nitrogen and oxygen atoms in total. The van der Waals surface area contributed by atoms with Crippen molar-refractivity contribution in [2.45, 2.75) is 45.1 Å². The van der Waals surface area contributed by atoms with Gasteiger partial charge in [0.1, 0.15) is 6.04 Å². The standard InChI is InChI=1S/C17H23N3O4S/c1-2-10-25(23,24)20-9-3-4-15(20)17(22)18-13-6-7-14-12(11-13)5-8-16(21)19-14/h6-7,11,15H,2-5,8-10H2,1H3,(H,18,22)(H,19,21). The van der Waals surface area contributed by atoms with Crippen molar-refractivity contribution in [2.75, 3.05) is 22.9 Å². The molecule has 136 valence electrons. The van der Waals surface area contributed by atoms with Crippen LogP contribution in [0.4, 0.5) is 11.4 Å². The van der Waals surface area contributed by atoms with E-state index < -0.39 is 16.1 Å². The average Bonchev–Trinajstić information content (AvgIpc) is 3.06. The minimum Gasteiger partial charge on any atom is -0.326 e. The van der Waals surface area contributed by atoms with Crippen molar-refractivity contribution in [1.82, 2.24) is 4.31 Å². The molecule has 0 bridgehead atoms. The highest BCUT2D eigenvalue weighted by molar-refractivity contribution is 7.89. The monoisotopic (exact) mass is 365 g/mol. The number of sulfonamides is 1. The van der Waals surface area contributed by atoms with E-state index in [0.717, 1.165) is 11.3 Å². The van der Waals surface area contributed by atoms with E-state index in [-0.39, 0.29) is 17.6 Å². The fourth-order valence-electron chi connectivity index (χ4n) is 3.40. The number of carbonyl (C=O) groups excluding carboxylic acids is 2. The molecule has 1 atom stereocenters. The first-order valence-corrected chi connectivity index (χ1v) is 10.2. The molecule has 2 amide bonds. The molecule has 2 N–H and O–H groups in total. The van der Waals surface area contributed by atoms with E-state index >= 15 is 0 Å². The van der Waals surface area contributed by atoms with Gasteiger partial charge in [-0.3, -0.25) is 9.59 Å². The van der Waals surface area contributed by atoms with Crippen LogP contribution in [0.3, 0.4) is 0 Å². The summed E-state index contributed by atoms with van der Waals surface area (Å²) in [5, 5.41) is 5.63. The van der Waals surface area contributed by atoms with E-state index in [1.165, 1.54) is 4.31 Å². The van der Waals surface area contributed by atoms with Crippen molar-refractivity contribution in [3.05, 3.63) is 23.8 Å². The predicted octanol–water partition coefficient (Wildman–Crippen LogP) is 1.71. The molecule has 1 unspecified atom stereocenters. The Hall–Kier alpha value is -1.93. The zero-order chi connectivity index (χ0) is 18.0. The predicted molar refractivity (Wildman–Crippen MR) is 95.8 cm³/mol. The summed E-state index contributed by atoms with van der Waals surface area (Å²) in [5.74, 6) is -0.237. The summed E-state index contributed by atoms with van der Waals surface area (Å²) in [5.41, 5.74) is 2.36. The Bertz CT molecular complexity index is 791. The molecule has 0 saturated carbocycles. The number of fused-ring (bicyclic) bond motifs is 1. The number of rotatable bonds is 5. The van der Waals surface area contributed by atoms with Gasteiger partial charge in [0.25, 0.3) is 0 Å². The quantitative estimate of drug-likeness (QED) is 0.830. The molecule has 0 aromatic heterocycles. The summed E-state index contributed by atoms with van der Waals surface area (Å²) in [6, 6.07) is 4.68. The molecule has 1 saturated heterocycles. The van der Waals surface area contributed by atoms with E-state index in [1.807, 2.05) is 13.0 Å². The summed E-state index contributed by atoms with van der Waals surface area (Å²) in [4.78, 5) is 24.0. The number of amides is 2. The first kappa shape index (κ1) is 17.9. The van der Waals surface area contributed by atoms with E-state index in [2.05, 4.69) is 10.6 Å². The second kappa shape index (κ2) is 7.13. The molecular formula is C17H23N3O4S. The Morgan fingerprint density at radius 3 is 2.92 bits per heavy atom. The lowest BCUT2D eigenvalue weighted by molar-refractivity contribution is -0.119. The van der Waals surface area contributed by atoms with Crippen molar-refractivity contribution in [3.8, 4) is 0 Å². The number of nitrogens with zero attached hydrogens (tertiary/aromatic N) is 1. The zero-order valence-corrected chi connectivity index (χ0v) is 15.1. The summed E-state index contributed by atoms with van der Waals surface area (Å²) in [7, 11) is -3.39. The maximum Gasteiger partial charge on any atom is 0.242 e. The number of benzene rings is 1. The highest BCUT2D eigenvalue weighted by Gasteiger charge is 2.38. The molecule has 0 aliphatic carbocycles. The van der Waals surface area contributed by atoms with Gasteiger partial charge in [-0.25, -0.2) is 8.42 Å². The normalized spacial score (nSPS) is 20.8. The molecule has 1 aromatic carbocycles. The van der Waals surface area contributed by atoms with Crippen LogP contribution in [-0.2, 0) is 26.0 Å². The van der Waals surface area contributed by atoms with Crippen LogP contribution in [0.1, 0.15) is 38.2 Å². The van der Waals surface area contributed by atoms with Crippen LogP contribution in [-0.4, -0.2) is 42.9 Å². The number of carbonyl (C=O) groups is 2. The molecule has 8 heteroatoms. The van der Waals surface area contributed by atoms with Crippen LogP contribution in [0.2, 0.25) is 0 Å². The molecule has 1 fully saturated rings. The highest BCUT2D eigenvalue weighted by atomic mass is 32.2. The van der Waals surface area contributed by atoms with Gasteiger partial charge in [0.05, 0.1) is 5.75 Å². The Labute approximate surface area is 147 Å². The smallest absolute Gasteiger partial charge is 0.242 e. The largest absolute Gasteiger partial charge is 0.326 e. The van der Waals surface area contributed by atoms with E-state index in [4.69, 9.17) is 0 Å². The molecule has 2 heterocycles. The fourth-order valence-corrected chi connectivity index (χ4v) is 5.14. The fraction of sp³-hybridized carbons (Fsp3) is 0.529. The molecule has 2 aliphatic rings. The maximum absolute atomic E-state index is 12.6. The number of nitrogens with one attached hydrogen (secondary N) is 2. The molecule has 25 heavy (non-hydrogen) atoms. The number of anilines is 2. The molecule has 3 rings (SSSR count). The third-order valence-electron chi connectivity index (χ3n) is 4.59. The Balaban J connectivity index is 1.73. The first-order chi connectivity index (χ1) is 11.9. The second-order valence-electron chi connectivity index (χ2n) is 6.49. The summed E-state index contributed by atoms with van der Waals surface area (Å²) < 4.78 is 26.0. The molecule has 2 aliphatic heterocycles. The average molecular weight is 365 g/mol. The van der Waals surface area contributed by atoms with Gasteiger partial charge in [-0.2, -0.15) is 4.31 Å². The third kappa shape index (κ3) is 3.85. The molecule has 0 radical (unpaired) electrons. The van der Waals surface area contributed by atoms with Crippen molar-refractivity contribution >= 4 is 33.2 Å². The minimum atomic E-state index is -3.39. The topological polar surface area (TPSA) is 95.6 Å². The van der Waals surface area contributed by atoms with Gasteiger partial charge >= 0.3 is 0 Å². The Morgan fingerprint density at radius 2 is 2.16 bits per heavy atom. The van der Waals surface area contributed by atoms with E-state index in [0.29, 0.717) is 44.3 Å². The SMILES string of the molecule is CCCS(=O)(=O)N1CCCC1C(=O)Nc1ccc2c(c1)CCC(=O)N2.